The number of hydrogen-bond acceptors (Lipinski definition) is 6. The van der Waals surface area contributed by atoms with Crippen molar-refractivity contribution in [2.75, 3.05) is 0 Å². The van der Waals surface area contributed by atoms with Gasteiger partial charge in [-0.25, -0.2) is 4.98 Å². The first-order valence-corrected chi connectivity index (χ1v) is 10.7. The minimum absolute atomic E-state index is 0.102. The van der Waals surface area contributed by atoms with E-state index in [1.165, 1.54) is 22.7 Å². The zero-order valence-electron chi connectivity index (χ0n) is 14.5. The number of thiophene rings is 2. The Morgan fingerprint density at radius 2 is 1.82 bits per heavy atom. The zero-order chi connectivity index (χ0) is 19.3. The lowest BCUT2D eigenvalue weighted by atomic mass is 10.2. The van der Waals surface area contributed by atoms with E-state index >= 15 is 0 Å². The molecule has 7 heteroatoms. The van der Waals surface area contributed by atoms with E-state index < -0.39 is 0 Å². The summed E-state index contributed by atoms with van der Waals surface area (Å²) in [6.07, 6.45) is 0. The number of thiol groups is 1. The van der Waals surface area contributed by atoms with Crippen molar-refractivity contribution >= 4 is 55.6 Å². The first kappa shape index (κ1) is 17.5. The highest BCUT2D eigenvalue weighted by Crippen LogP contribution is 2.38. The average Bonchev–Trinajstić information content (AvgIpc) is 3.29. The van der Waals surface area contributed by atoms with Crippen LogP contribution in [0.2, 0.25) is 0 Å². The maximum Gasteiger partial charge on any atom is 0.263 e. The summed E-state index contributed by atoms with van der Waals surface area (Å²) in [4.78, 5) is 19.9. The van der Waals surface area contributed by atoms with E-state index in [1.807, 2.05) is 48.5 Å². The average molecular weight is 423 g/mol. The van der Waals surface area contributed by atoms with Crippen molar-refractivity contribution in [2.24, 2.45) is 0 Å². The molecule has 0 radical (unpaired) electrons. The van der Waals surface area contributed by atoms with E-state index in [9.17, 15) is 9.90 Å². The van der Waals surface area contributed by atoms with Crippen molar-refractivity contribution in [3.8, 4) is 16.5 Å². The van der Waals surface area contributed by atoms with Gasteiger partial charge in [0, 0.05) is 5.39 Å². The lowest BCUT2D eigenvalue weighted by Crippen LogP contribution is -2.23. The van der Waals surface area contributed by atoms with Gasteiger partial charge in [-0.3, -0.25) is 9.36 Å². The fourth-order valence-corrected chi connectivity index (χ4v) is 5.51. The van der Waals surface area contributed by atoms with Crippen molar-refractivity contribution < 1.29 is 5.11 Å². The van der Waals surface area contributed by atoms with Gasteiger partial charge >= 0.3 is 0 Å². The third-order valence-corrected chi connectivity index (χ3v) is 7.02. The van der Waals surface area contributed by atoms with Gasteiger partial charge in [-0.2, -0.15) is 0 Å². The van der Waals surface area contributed by atoms with Crippen molar-refractivity contribution in [3.63, 3.8) is 0 Å². The van der Waals surface area contributed by atoms with Crippen LogP contribution in [0.4, 0.5) is 0 Å². The molecule has 2 aromatic carbocycles. The van der Waals surface area contributed by atoms with Gasteiger partial charge in [0.25, 0.3) is 5.56 Å². The molecule has 0 bridgehead atoms. The molecule has 0 aliphatic rings. The molecule has 0 saturated carbocycles. The first-order valence-electron chi connectivity index (χ1n) is 8.60. The van der Waals surface area contributed by atoms with Gasteiger partial charge < -0.3 is 5.11 Å². The number of benzene rings is 2. The molecule has 28 heavy (non-hydrogen) atoms. The Morgan fingerprint density at radius 3 is 2.57 bits per heavy atom. The summed E-state index contributed by atoms with van der Waals surface area (Å²) < 4.78 is 3.27. The Kier molecular flexibility index (Phi) is 4.23. The van der Waals surface area contributed by atoms with Gasteiger partial charge in [0.15, 0.2) is 5.82 Å². The third kappa shape index (κ3) is 2.83. The van der Waals surface area contributed by atoms with Crippen LogP contribution in [0.15, 0.2) is 69.7 Å². The molecule has 0 spiro atoms. The van der Waals surface area contributed by atoms with Crippen LogP contribution < -0.4 is 5.56 Å². The van der Waals surface area contributed by atoms with Crippen LogP contribution >= 0.6 is 35.3 Å². The number of aromatic nitrogens is 2. The summed E-state index contributed by atoms with van der Waals surface area (Å²) in [5.74, 6) is 0.794. The number of phenolic OH excluding ortho intramolecular Hbond substituents is 1. The molecule has 4 nitrogen and oxygen atoms in total. The molecule has 5 rings (SSSR count). The molecule has 0 unspecified atom stereocenters. The van der Waals surface area contributed by atoms with Crippen LogP contribution in [0.25, 0.3) is 31.0 Å². The van der Waals surface area contributed by atoms with E-state index in [2.05, 4.69) is 12.6 Å². The lowest BCUT2D eigenvalue weighted by molar-refractivity contribution is 0.482. The summed E-state index contributed by atoms with van der Waals surface area (Å²) in [5.41, 5.74) is 0.923. The van der Waals surface area contributed by atoms with Crippen molar-refractivity contribution in [1.29, 1.82) is 0 Å². The Bertz CT molecular complexity index is 1380. The highest BCUT2D eigenvalue weighted by atomic mass is 32.2. The fraction of sp³-hybridized carbons (Fsp3) is 0.0476. The van der Waals surface area contributed by atoms with Crippen LogP contribution in [-0.2, 0) is 6.54 Å². The standard InChI is InChI=1S/C21H14N2O2S3/c24-14-8-4-7-13-17-20(28-18(13)14)22-19(15-9-10-16(26)27-15)23(21(17)25)11-12-5-2-1-3-6-12/h1-10,24,26H,11H2. The van der Waals surface area contributed by atoms with Crippen molar-refractivity contribution in [3.05, 3.63) is 76.6 Å². The first-order chi connectivity index (χ1) is 13.6. The molecular formula is C21H14N2O2S3. The van der Waals surface area contributed by atoms with E-state index in [-0.39, 0.29) is 11.3 Å². The number of fused-ring (bicyclic) bond motifs is 3. The van der Waals surface area contributed by atoms with Gasteiger partial charge in [0.1, 0.15) is 10.6 Å². The molecule has 0 saturated heterocycles. The maximum atomic E-state index is 13.6. The van der Waals surface area contributed by atoms with Gasteiger partial charge in [-0.1, -0.05) is 42.5 Å². The predicted octanol–water partition coefficient (Wildman–Crippen LogP) is 5.38. The van der Waals surface area contributed by atoms with E-state index in [0.29, 0.717) is 27.3 Å². The number of nitrogens with zero attached hydrogens (tertiary/aromatic N) is 2. The Balaban J connectivity index is 1.85. The molecule has 0 aliphatic carbocycles. The molecule has 0 fully saturated rings. The minimum atomic E-state index is -0.102. The largest absolute Gasteiger partial charge is 0.506 e. The van der Waals surface area contributed by atoms with Gasteiger partial charge in [0.05, 0.1) is 25.7 Å². The summed E-state index contributed by atoms with van der Waals surface area (Å²) in [7, 11) is 0. The summed E-state index contributed by atoms with van der Waals surface area (Å²) in [5, 5.41) is 11.5. The van der Waals surface area contributed by atoms with Gasteiger partial charge in [0.2, 0.25) is 0 Å². The minimum Gasteiger partial charge on any atom is -0.506 e. The quantitative estimate of drug-likeness (QED) is 0.384. The molecule has 138 valence electrons. The van der Waals surface area contributed by atoms with Crippen LogP contribution in [0, 0.1) is 0 Å². The smallest absolute Gasteiger partial charge is 0.263 e. The molecular weight excluding hydrogens is 408 g/mol. The lowest BCUT2D eigenvalue weighted by Gasteiger charge is -2.11. The second-order valence-corrected chi connectivity index (χ2v) is 9.25. The summed E-state index contributed by atoms with van der Waals surface area (Å²) in [6, 6.07) is 19.0. The molecule has 3 aromatic heterocycles. The van der Waals surface area contributed by atoms with Crippen LogP contribution in [0.3, 0.4) is 0 Å². The molecule has 3 heterocycles. The molecule has 0 aliphatic heterocycles. The Labute approximate surface area is 173 Å². The number of aromatic hydroxyl groups is 1. The van der Waals surface area contributed by atoms with Crippen LogP contribution in [-0.4, -0.2) is 14.7 Å². The van der Waals surface area contributed by atoms with Crippen LogP contribution in [0.5, 0.6) is 5.75 Å². The SMILES string of the molecule is O=c1c2c(nc(-c3ccc(S)s3)n1Cc1ccccc1)sc1c(O)cccc12. The predicted molar refractivity (Wildman–Crippen MR) is 119 cm³/mol. The fourth-order valence-electron chi connectivity index (χ4n) is 3.31. The molecule has 0 atom stereocenters. The molecule has 0 amide bonds. The van der Waals surface area contributed by atoms with Crippen molar-refractivity contribution in [2.45, 2.75) is 10.8 Å². The van der Waals surface area contributed by atoms with E-state index in [1.54, 1.807) is 16.7 Å². The second kappa shape index (κ2) is 6.77. The van der Waals surface area contributed by atoms with Gasteiger partial charge in [-0.15, -0.1) is 35.3 Å². The zero-order valence-corrected chi connectivity index (χ0v) is 17.0. The molecule has 5 aromatic rings. The maximum absolute atomic E-state index is 13.6. The van der Waals surface area contributed by atoms with Crippen LogP contribution in [0.1, 0.15) is 5.56 Å². The van der Waals surface area contributed by atoms with Gasteiger partial charge in [-0.05, 0) is 23.8 Å². The Hall–Kier alpha value is -2.61. The summed E-state index contributed by atoms with van der Waals surface area (Å²) >= 11 is 7.25. The number of hydrogen-bond donors (Lipinski definition) is 2. The highest BCUT2D eigenvalue weighted by Gasteiger charge is 2.19. The normalized spacial score (nSPS) is 11.5. The third-order valence-electron chi connectivity index (χ3n) is 4.59. The Morgan fingerprint density at radius 1 is 1.00 bits per heavy atom. The summed E-state index contributed by atoms with van der Waals surface area (Å²) in [6.45, 7) is 0.425. The monoisotopic (exact) mass is 422 g/mol. The van der Waals surface area contributed by atoms with E-state index in [0.717, 1.165) is 20.0 Å². The highest BCUT2D eigenvalue weighted by molar-refractivity contribution is 7.83. The number of rotatable bonds is 3. The van der Waals surface area contributed by atoms with E-state index in [4.69, 9.17) is 4.98 Å². The number of phenols is 1. The molecule has 1 N–H and O–H groups in total. The topological polar surface area (TPSA) is 55.1 Å². The second-order valence-electron chi connectivity index (χ2n) is 6.39. The van der Waals surface area contributed by atoms with Crippen molar-refractivity contribution in [1.82, 2.24) is 9.55 Å².